The summed E-state index contributed by atoms with van der Waals surface area (Å²) in [7, 11) is 2.02. The Hall–Kier alpha value is -2.19. The van der Waals surface area contributed by atoms with Gasteiger partial charge in [0.05, 0.1) is 17.6 Å². The average molecular weight is 569 g/mol. The van der Waals surface area contributed by atoms with Gasteiger partial charge in [0.25, 0.3) is 0 Å². The Bertz CT molecular complexity index is 1140. The molecule has 3 aromatic rings. The Morgan fingerprint density at radius 3 is 2.68 bits per heavy atom. The number of carbonyl (C=O) groups is 1. The quantitative estimate of drug-likeness (QED) is 0.269. The highest BCUT2D eigenvalue weighted by Gasteiger charge is 2.33. The third kappa shape index (κ3) is 8.15. The van der Waals surface area contributed by atoms with E-state index in [0.29, 0.717) is 25.5 Å². The van der Waals surface area contributed by atoms with Crippen LogP contribution in [0.2, 0.25) is 0 Å². The molecule has 0 amide bonds. The van der Waals surface area contributed by atoms with Crippen molar-refractivity contribution in [3.63, 3.8) is 0 Å². The first kappa shape index (κ1) is 32.0. The van der Waals surface area contributed by atoms with E-state index in [-0.39, 0.29) is 42.5 Å². The summed E-state index contributed by atoms with van der Waals surface area (Å²) in [5, 5.41) is 9.78. The molecule has 0 saturated heterocycles. The highest BCUT2D eigenvalue weighted by molar-refractivity contribution is 5.85. The zero-order valence-corrected chi connectivity index (χ0v) is 24.0. The molecule has 4 rings (SSSR count). The van der Waals surface area contributed by atoms with Crippen LogP contribution in [0, 0.1) is 17.7 Å². The van der Waals surface area contributed by atoms with Crippen LogP contribution in [0.25, 0.3) is 11.0 Å². The first-order valence-electron chi connectivity index (χ1n) is 13.1. The van der Waals surface area contributed by atoms with Crippen LogP contribution in [0.1, 0.15) is 56.0 Å². The number of hydrogen-bond acceptors (Lipinski definition) is 4. The van der Waals surface area contributed by atoms with Crippen molar-refractivity contribution in [2.45, 2.75) is 58.0 Å². The molecular weight excluding hydrogens is 528 g/mol. The fraction of sp³-hybridized carbons (Fsp3) is 0.517. The van der Waals surface area contributed by atoms with Crippen molar-refractivity contribution in [3.05, 3.63) is 65.2 Å². The maximum absolute atomic E-state index is 13.7. The van der Waals surface area contributed by atoms with Gasteiger partial charge in [-0.1, -0.05) is 32.0 Å². The van der Waals surface area contributed by atoms with Crippen LogP contribution in [0.5, 0.6) is 0 Å². The van der Waals surface area contributed by atoms with Crippen molar-refractivity contribution in [2.24, 2.45) is 11.8 Å². The van der Waals surface area contributed by atoms with Gasteiger partial charge in [-0.25, -0.2) is 14.2 Å². The minimum Gasteiger partial charge on any atom is -0.479 e. The van der Waals surface area contributed by atoms with Crippen molar-refractivity contribution in [1.82, 2.24) is 14.9 Å². The van der Waals surface area contributed by atoms with E-state index in [4.69, 9.17) is 4.74 Å². The van der Waals surface area contributed by atoms with Gasteiger partial charge >= 0.3 is 5.97 Å². The molecule has 1 heterocycles. The number of rotatable bonds is 12. The number of carboxylic acid groups (broad SMARTS) is 1. The summed E-state index contributed by atoms with van der Waals surface area (Å²) in [6.07, 6.45) is 3.08. The van der Waals surface area contributed by atoms with E-state index in [9.17, 15) is 14.3 Å². The van der Waals surface area contributed by atoms with E-state index in [0.717, 1.165) is 54.6 Å². The summed E-state index contributed by atoms with van der Waals surface area (Å²) in [4.78, 5) is 22.1. The summed E-state index contributed by atoms with van der Waals surface area (Å²) < 4.78 is 19.7. The lowest BCUT2D eigenvalue weighted by molar-refractivity contribution is -0.152. The molecule has 0 saturated carbocycles. The van der Waals surface area contributed by atoms with Gasteiger partial charge in [0, 0.05) is 13.0 Å². The Morgan fingerprint density at radius 2 is 1.97 bits per heavy atom. The lowest BCUT2D eigenvalue weighted by Crippen LogP contribution is -2.34. The van der Waals surface area contributed by atoms with Gasteiger partial charge < -0.3 is 19.7 Å². The molecule has 38 heavy (non-hydrogen) atoms. The molecule has 1 aromatic heterocycles. The molecular formula is C29H40Cl2FN3O3. The molecule has 0 radical (unpaired) electrons. The summed E-state index contributed by atoms with van der Waals surface area (Å²) in [6.45, 7) is 6.26. The zero-order valence-electron chi connectivity index (χ0n) is 22.4. The van der Waals surface area contributed by atoms with Crippen LogP contribution in [0.15, 0.2) is 42.5 Å². The maximum Gasteiger partial charge on any atom is 0.332 e. The Kier molecular flexibility index (Phi) is 12.5. The lowest BCUT2D eigenvalue weighted by atomic mass is 9.70. The monoisotopic (exact) mass is 567 g/mol. The van der Waals surface area contributed by atoms with Gasteiger partial charge in [0.2, 0.25) is 0 Å². The standard InChI is InChI=1S/C29H38FN3O3.2ClH/c1-19(2)28-21(11-10-20-17-22(30)12-13-23(20)28)18-36-26(29(34)35)14-16-33(3)15-6-9-27-31-24-7-4-5-8-25(24)32-27;;/h4-5,7-8,12-13,17,19,21,26,28H,6,9-11,14-16,18H2,1-3H3,(H,31,32)(H,34,35);2*1H/t21?,26-,28-;;/m0../s1. The first-order chi connectivity index (χ1) is 17.3. The third-order valence-electron chi connectivity index (χ3n) is 7.43. The van der Waals surface area contributed by atoms with Gasteiger partial charge in [-0.15, -0.1) is 24.8 Å². The molecule has 1 unspecified atom stereocenters. The number of aryl methyl sites for hydroxylation is 2. The van der Waals surface area contributed by atoms with Crippen molar-refractivity contribution in [1.29, 1.82) is 0 Å². The SMILES string of the molecule is CC(C)[C@@H]1c2ccc(F)cc2CCC1CO[C@@H](CCN(C)CCCc1nc2ccccc2[nH]1)C(=O)O.Cl.Cl. The molecule has 0 bridgehead atoms. The molecule has 3 atom stereocenters. The minimum absolute atomic E-state index is 0. The number of nitrogens with zero attached hydrogens (tertiary/aromatic N) is 2. The second kappa shape index (κ2) is 14.8. The number of aromatic nitrogens is 2. The van der Waals surface area contributed by atoms with Gasteiger partial charge in [0.1, 0.15) is 11.6 Å². The van der Waals surface area contributed by atoms with E-state index in [1.807, 2.05) is 37.4 Å². The second-order valence-corrected chi connectivity index (χ2v) is 10.5. The van der Waals surface area contributed by atoms with E-state index in [2.05, 4.69) is 28.7 Å². The highest BCUT2D eigenvalue weighted by Crippen LogP contribution is 2.41. The topological polar surface area (TPSA) is 78.5 Å². The first-order valence-corrected chi connectivity index (χ1v) is 13.1. The molecule has 9 heteroatoms. The van der Waals surface area contributed by atoms with Gasteiger partial charge in [-0.05, 0) is 92.4 Å². The number of imidazole rings is 1. The summed E-state index contributed by atoms with van der Waals surface area (Å²) in [5.74, 6) is 0.705. The molecule has 210 valence electrons. The average Bonchev–Trinajstić information content (AvgIpc) is 3.26. The number of fused-ring (bicyclic) bond motifs is 2. The Labute approximate surface area is 237 Å². The number of nitrogens with one attached hydrogen (secondary N) is 1. The minimum atomic E-state index is -0.912. The van der Waals surface area contributed by atoms with Crippen LogP contribution < -0.4 is 0 Å². The Morgan fingerprint density at radius 1 is 1.21 bits per heavy atom. The number of benzene rings is 2. The number of aliphatic carboxylic acids is 1. The summed E-state index contributed by atoms with van der Waals surface area (Å²) >= 11 is 0. The van der Waals surface area contributed by atoms with Crippen LogP contribution >= 0.6 is 24.8 Å². The van der Waals surface area contributed by atoms with Crippen molar-refractivity contribution in [3.8, 4) is 0 Å². The van der Waals surface area contributed by atoms with Crippen LogP contribution in [-0.2, 0) is 22.4 Å². The molecule has 0 aliphatic heterocycles. The number of H-pyrrole nitrogens is 1. The van der Waals surface area contributed by atoms with Crippen LogP contribution in [-0.4, -0.2) is 58.8 Å². The molecule has 2 N–H and O–H groups in total. The summed E-state index contributed by atoms with van der Waals surface area (Å²) in [5.41, 5.74) is 4.29. The van der Waals surface area contributed by atoms with Crippen molar-refractivity contribution < 1.29 is 19.0 Å². The van der Waals surface area contributed by atoms with Crippen molar-refractivity contribution >= 4 is 41.8 Å². The van der Waals surface area contributed by atoms with Gasteiger partial charge in [-0.2, -0.15) is 0 Å². The molecule has 0 fully saturated rings. The fourth-order valence-corrected chi connectivity index (χ4v) is 5.59. The fourth-order valence-electron chi connectivity index (χ4n) is 5.59. The normalized spacial score (nSPS) is 17.6. The molecule has 0 spiro atoms. The number of carboxylic acids is 1. The largest absolute Gasteiger partial charge is 0.479 e. The smallest absolute Gasteiger partial charge is 0.332 e. The summed E-state index contributed by atoms with van der Waals surface area (Å²) in [6, 6.07) is 13.1. The van der Waals surface area contributed by atoms with Gasteiger partial charge in [-0.3, -0.25) is 0 Å². The number of para-hydroxylation sites is 2. The lowest BCUT2D eigenvalue weighted by Gasteiger charge is -2.36. The maximum atomic E-state index is 13.7. The number of ether oxygens (including phenoxy) is 1. The number of aromatic amines is 1. The van der Waals surface area contributed by atoms with Crippen LogP contribution in [0.3, 0.4) is 0 Å². The van der Waals surface area contributed by atoms with E-state index in [1.165, 1.54) is 11.6 Å². The highest BCUT2D eigenvalue weighted by atomic mass is 35.5. The Balaban J connectivity index is 0.00000253. The molecule has 6 nitrogen and oxygen atoms in total. The van der Waals surface area contributed by atoms with E-state index in [1.54, 1.807) is 6.07 Å². The zero-order chi connectivity index (χ0) is 25.7. The number of halogens is 3. The van der Waals surface area contributed by atoms with Crippen molar-refractivity contribution in [2.75, 3.05) is 26.7 Å². The second-order valence-electron chi connectivity index (χ2n) is 10.5. The molecule has 1 aliphatic carbocycles. The third-order valence-corrected chi connectivity index (χ3v) is 7.43. The number of hydrogen-bond donors (Lipinski definition) is 2. The van der Waals surface area contributed by atoms with E-state index >= 15 is 0 Å². The predicted octanol–water partition coefficient (Wildman–Crippen LogP) is 6.27. The van der Waals surface area contributed by atoms with Crippen LogP contribution in [0.4, 0.5) is 4.39 Å². The van der Waals surface area contributed by atoms with Gasteiger partial charge in [0.15, 0.2) is 6.10 Å². The van der Waals surface area contributed by atoms with E-state index < -0.39 is 12.1 Å². The molecule has 1 aliphatic rings. The molecule has 2 aromatic carbocycles. The predicted molar refractivity (Wildman–Crippen MR) is 154 cm³/mol.